The SMILES string of the molecule is Cc1cc(N2CCC(N3CCOCC3)C2)c(N)cc1F. The number of aryl methyl sites for hydroxylation is 1. The summed E-state index contributed by atoms with van der Waals surface area (Å²) in [5, 5.41) is 0. The van der Waals surface area contributed by atoms with Crippen LogP contribution < -0.4 is 10.6 Å². The second kappa shape index (κ2) is 5.58. The summed E-state index contributed by atoms with van der Waals surface area (Å²) in [7, 11) is 0. The molecule has 1 aromatic rings. The predicted molar refractivity (Wildman–Crippen MR) is 78.6 cm³/mol. The molecule has 0 aliphatic carbocycles. The van der Waals surface area contributed by atoms with Crippen LogP contribution in [0.1, 0.15) is 12.0 Å². The fraction of sp³-hybridized carbons (Fsp3) is 0.600. The molecule has 2 N–H and O–H groups in total. The Morgan fingerprint density at radius 3 is 2.75 bits per heavy atom. The first-order valence-electron chi connectivity index (χ1n) is 7.27. The normalized spacial score (nSPS) is 24.3. The molecule has 1 aromatic carbocycles. The van der Waals surface area contributed by atoms with Gasteiger partial charge < -0.3 is 15.4 Å². The molecule has 2 heterocycles. The zero-order chi connectivity index (χ0) is 14.1. The maximum absolute atomic E-state index is 13.5. The fourth-order valence-electron chi connectivity index (χ4n) is 3.16. The average Bonchev–Trinajstić information content (AvgIpc) is 2.93. The third kappa shape index (κ3) is 2.60. The highest BCUT2D eigenvalue weighted by Crippen LogP contribution is 2.30. The van der Waals surface area contributed by atoms with E-state index in [2.05, 4.69) is 9.80 Å². The van der Waals surface area contributed by atoms with Crippen LogP contribution in [0.5, 0.6) is 0 Å². The Morgan fingerprint density at radius 1 is 1.25 bits per heavy atom. The first-order valence-corrected chi connectivity index (χ1v) is 7.27. The van der Waals surface area contributed by atoms with Crippen molar-refractivity contribution in [3.63, 3.8) is 0 Å². The molecule has 0 radical (unpaired) electrons. The highest BCUT2D eigenvalue weighted by molar-refractivity contribution is 5.69. The molecule has 0 amide bonds. The van der Waals surface area contributed by atoms with Crippen molar-refractivity contribution in [3.8, 4) is 0 Å². The first-order chi connectivity index (χ1) is 9.65. The van der Waals surface area contributed by atoms with Crippen LogP contribution in [0.3, 0.4) is 0 Å². The molecule has 0 aromatic heterocycles. The highest BCUT2D eigenvalue weighted by Gasteiger charge is 2.29. The molecule has 1 atom stereocenters. The summed E-state index contributed by atoms with van der Waals surface area (Å²) >= 11 is 0. The van der Waals surface area contributed by atoms with E-state index in [0.717, 1.165) is 51.5 Å². The average molecular weight is 279 g/mol. The Labute approximate surface area is 119 Å². The minimum absolute atomic E-state index is 0.227. The van der Waals surface area contributed by atoms with E-state index in [1.807, 2.05) is 6.07 Å². The van der Waals surface area contributed by atoms with Crippen LogP contribution in [0, 0.1) is 12.7 Å². The lowest BCUT2D eigenvalue weighted by atomic mass is 10.1. The quantitative estimate of drug-likeness (QED) is 0.836. The molecule has 20 heavy (non-hydrogen) atoms. The van der Waals surface area contributed by atoms with Gasteiger partial charge in [0, 0.05) is 32.2 Å². The van der Waals surface area contributed by atoms with E-state index < -0.39 is 0 Å². The maximum atomic E-state index is 13.5. The number of halogens is 1. The van der Waals surface area contributed by atoms with Gasteiger partial charge in [0.2, 0.25) is 0 Å². The molecule has 110 valence electrons. The number of anilines is 2. The van der Waals surface area contributed by atoms with Crippen molar-refractivity contribution in [2.24, 2.45) is 0 Å². The second-order valence-corrected chi connectivity index (χ2v) is 5.70. The zero-order valence-corrected chi connectivity index (χ0v) is 11.9. The smallest absolute Gasteiger partial charge is 0.128 e. The molecule has 2 saturated heterocycles. The lowest BCUT2D eigenvalue weighted by Gasteiger charge is -2.32. The monoisotopic (exact) mass is 279 g/mol. The van der Waals surface area contributed by atoms with Gasteiger partial charge >= 0.3 is 0 Å². The molecule has 0 bridgehead atoms. The topological polar surface area (TPSA) is 41.7 Å². The minimum atomic E-state index is -0.227. The lowest BCUT2D eigenvalue weighted by molar-refractivity contribution is 0.0209. The van der Waals surface area contributed by atoms with Crippen LogP contribution in [-0.4, -0.2) is 50.3 Å². The Hall–Kier alpha value is -1.33. The molecule has 0 spiro atoms. The summed E-state index contributed by atoms with van der Waals surface area (Å²) in [6.45, 7) is 7.41. The minimum Gasteiger partial charge on any atom is -0.397 e. The number of hydrogen-bond acceptors (Lipinski definition) is 4. The molecule has 2 fully saturated rings. The van der Waals surface area contributed by atoms with E-state index in [1.165, 1.54) is 6.07 Å². The summed E-state index contributed by atoms with van der Waals surface area (Å²) in [4.78, 5) is 4.78. The third-order valence-corrected chi connectivity index (χ3v) is 4.37. The maximum Gasteiger partial charge on any atom is 0.128 e. The molecule has 4 nitrogen and oxygen atoms in total. The lowest BCUT2D eigenvalue weighted by Crippen LogP contribution is -2.44. The number of nitrogens with zero attached hydrogens (tertiary/aromatic N) is 2. The Balaban J connectivity index is 1.72. The van der Waals surface area contributed by atoms with Crippen LogP contribution in [0.4, 0.5) is 15.8 Å². The number of morpholine rings is 1. The molecule has 3 rings (SSSR count). The van der Waals surface area contributed by atoms with Crippen LogP contribution in [0.2, 0.25) is 0 Å². The molecule has 0 saturated carbocycles. The zero-order valence-electron chi connectivity index (χ0n) is 11.9. The molecular formula is C15H22FN3O. The van der Waals surface area contributed by atoms with Gasteiger partial charge in [0.15, 0.2) is 0 Å². The van der Waals surface area contributed by atoms with Crippen LogP contribution in [0.15, 0.2) is 12.1 Å². The fourth-order valence-corrected chi connectivity index (χ4v) is 3.16. The molecule has 5 heteroatoms. The Kier molecular flexibility index (Phi) is 3.81. The molecule has 1 unspecified atom stereocenters. The highest BCUT2D eigenvalue weighted by atomic mass is 19.1. The third-order valence-electron chi connectivity index (χ3n) is 4.37. The van der Waals surface area contributed by atoms with E-state index in [-0.39, 0.29) is 5.82 Å². The van der Waals surface area contributed by atoms with Crippen molar-refractivity contribution in [2.75, 3.05) is 50.0 Å². The number of nitrogens with two attached hydrogens (primary N) is 1. The van der Waals surface area contributed by atoms with Crippen molar-refractivity contribution in [1.29, 1.82) is 0 Å². The Bertz CT molecular complexity index is 488. The number of ether oxygens (including phenoxy) is 1. The summed E-state index contributed by atoms with van der Waals surface area (Å²) in [6, 6.07) is 3.86. The number of nitrogen functional groups attached to an aromatic ring is 1. The van der Waals surface area contributed by atoms with Gasteiger partial charge in [-0.15, -0.1) is 0 Å². The summed E-state index contributed by atoms with van der Waals surface area (Å²) < 4.78 is 18.9. The van der Waals surface area contributed by atoms with Crippen LogP contribution in [-0.2, 0) is 4.74 Å². The van der Waals surface area contributed by atoms with E-state index in [0.29, 0.717) is 17.3 Å². The standard InChI is InChI=1S/C15H22FN3O/c1-11-8-15(14(17)9-13(11)16)19-3-2-12(10-19)18-4-6-20-7-5-18/h8-9,12H,2-7,10,17H2,1H3. The van der Waals surface area contributed by atoms with Gasteiger partial charge in [0.05, 0.1) is 24.6 Å². The van der Waals surface area contributed by atoms with E-state index in [1.54, 1.807) is 6.92 Å². The van der Waals surface area contributed by atoms with E-state index >= 15 is 0 Å². The van der Waals surface area contributed by atoms with Crippen molar-refractivity contribution in [3.05, 3.63) is 23.5 Å². The number of rotatable bonds is 2. The predicted octanol–water partition coefficient (Wildman–Crippen LogP) is 1.63. The van der Waals surface area contributed by atoms with E-state index in [4.69, 9.17) is 10.5 Å². The molecular weight excluding hydrogens is 257 g/mol. The number of benzene rings is 1. The van der Waals surface area contributed by atoms with Gasteiger partial charge in [-0.25, -0.2) is 4.39 Å². The van der Waals surface area contributed by atoms with Crippen molar-refractivity contribution >= 4 is 11.4 Å². The van der Waals surface area contributed by atoms with Gasteiger partial charge in [-0.3, -0.25) is 4.90 Å². The molecule has 2 aliphatic rings. The Morgan fingerprint density at radius 2 is 2.00 bits per heavy atom. The van der Waals surface area contributed by atoms with Crippen LogP contribution in [0.25, 0.3) is 0 Å². The number of hydrogen-bond donors (Lipinski definition) is 1. The van der Waals surface area contributed by atoms with Gasteiger partial charge in [-0.1, -0.05) is 0 Å². The molecule has 2 aliphatic heterocycles. The van der Waals surface area contributed by atoms with Crippen molar-refractivity contribution < 1.29 is 9.13 Å². The van der Waals surface area contributed by atoms with E-state index in [9.17, 15) is 4.39 Å². The van der Waals surface area contributed by atoms with Gasteiger partial charge in [-0.05, 0) is 31.0 Å². The van der Waals surface area contributed by atoms with Gasteiger partial charge in [0.1, 0.15) is 5.82 Å². The van der Waals surface area contributed by atoms with Crippen molar-refractivity contribution in [1.82, 2.24) is 4.90 Å². The summed E-state index contributed by atoms with van der Waals surface area (Å²) in [5.74, 6) is -0.227. The summed E-state index contributed by atoms with van der Waals surface area (Å²) in [5.41, 5.74) is 8.14. The second-order valence-electron chi connectivity index (χ2n) is 5.70. The summed E-state index contributed by atoms with van der Waals surface area (Å²) in [6.07, 6.45) is 1.13. The van der Waals surface area contributed by atoms with Gasteiger partial charge in [0.25, 0.3) is 0 Å². The van der Waals surface area contributed by atoms with Gasteiger partial charge in [-0.2, -0.15) is 0 Å². The van der Waals surface area contributed by atoms with Crippen molar-refractivity contribution in [2.45, 2.75) is 19.4 Å². The largest absolute Gasteiger partial charge is 0.397 e. The first kappa shape index (κ1) is 13.6. The van der Waals surface area contributed by atoms with Crippen LogP contribution >= 0.6 is 0 Å².